The molecule has 0 aliphatic rings. The molecule has 0 rings (SSSR count). The minimum atomic E-state index is 0.833. The fourth-order valence-corrected chi connectivity index (χ4v) is 2.05. The van der Waals surface area contributed by atoms with Crippen LogP contribution in [-0.4, -0.2) is 11.2 Å². The molecule has 0 nitrogen and oxygen atoms in total. The number of allylic oxidation sites excluding steroid dienone is 2. The zero-order chi connectivity index (χ0) is 11.2. The smallest absolute Gasteiger partial charge is 0.0223 e. The van der Waals surface area contributed by atoms with Crippen LogP contribution in [0.3, 0.4) is 0 Å². The first-order valence-electron chi connectivity index (χ1n) is 6.18. The normalized spacial score (nSPS) is 11.3. The van der Waals surface area contributed by atoms with Gasteiger partial charge in [-0.2, -0.15) is 0 Å². The highest BCUT2D eigenvalue weighted by molar-refractivity contribution is 9.09. The lowest BCUT2D eigenvalue weighted by Crippen LogP contribution is -1.81. The van der Waals surface area contributed by atoms with Gasteiger partial charge in [-0.3, -0.25) is 0 Å². The first kappa shape index (κ1) is 15.5. The van der Waals surface area contributed by atoms with Gasteiger partial charge in [0.25, 0.3) is 0 Å². The number of unbranched alkanes of at least 4 members (excludes halogenated alkanes) is 8. The van der Waals surface area contributed by atoms with E-state index in [-0.39, 0.29) is 0 Å². The molecule has 0 fully saturated rings. The Balaban J connectivity index is 2.89. The predicted molar refractivity (Wildman–Crippen MR) is 75.2 cm³/mol. The maximum absolute atomic E-state index is 5.61. The third-order valence-corrected chi connectivity index (χ3v) is 3.15. The number of alkyl halides is 2. The van der Waals surface area contributed by atoms with Crippen molar-refractivity contribution in [2.45, 2.75) is 57.8 Å². The van der Waals surface area contributed by atoms with E-state index in [2.05, 4.69) is 28.1 Å². The van der Waals surface area contributed by atoms with Crippen LogP contribution >= 0.6 is 27.5 Å². The molecule has 0 aliphatic heterocycles. The number of hydrogen-bond donors (Lipinski definition) is 0. The van der Waals surface area contributed by atoms with Crippen molar-refractivity contribution >= 4 is 27.5 Å². The second-order valence-corrected chi connectivity index (χ2v) is 4.96. The van der Waals surface area contributed by atoms with E-state index in [1.54, 1.807) is 0 Å². The van der Waals surface area contributed by atoms with E-state index in [4.69, 9.17) is 11.6 Å². The fourth-order valence-electron chi connectivity index (χ4n) is 1.60. The van der Waals surface area contributed by atoms with Crippen molar-refractivity contribution < 1.29 is 0 Å². The first-order valence-corrected chi connectivity index (χ1v) is 7.84. The Labute approximate surface area is 109 Å². The predicted octanol–water partition coefficient (Wildman–Crippen LogP) is 5.69. The van der Waals surface area contributed by atoms with Gasteiger partial charge in [0.15, 0.2) is 0 Å². The number of hydrogen-bond acceptors (Lipinski definition) is 0. The van der Waals surface area contributed by atoms with E-state index in [0.29, 0.717) is 0 Å². The van der Waals surface area contributed by atoms with Crippen LogP contribution in [0.25, 0.3) is 0 Å². The van der Waals surface area contributed by atoms with Crippen molar-refractivity contribution in [3.63, 3.8) is 0 Å². The lowest BCUT2D eigenvalue weighted by molar-refractivity contribution is 0.578. The van der Waals surface area contributed by atoms with Gasteiger partial charge in [0.2, 0.25) is 0 Å². The zero-order valence-electron chi connectivity index (χ0n) is 9.69. The van der Waals surface area contributed by atoms with Crippen molar-refractivity contribution in [2.24, 2.45) is 0 Å². The summed E-state index contributed by atoms with van der Waals surface area (Å²) in [6.45, 7) is 0. The molecule has 0 radical (unpaired) electrons. The summed E-state index contributed by atoms with van der Waals surface area (Å²) in [4.78, 5) is 0. The second kappa shape index (κ2) is 14.5. The topological polar surface area (TPSA) is 0 Å². The molecule has 0 atom stereocenters. The summed E-state index contributed by atoms with van der Waals surface area (Å²) in [5.41, 5.74) is 0. The Morgan fingerprint density at radius 2 is 1.27 bits per heavy atom. The van der Waals surface area contributed by atoms with Gasteiger partial charge in [-0.25, -0.2) is 0 Å². The Kier molecular flexibility index (Phi) is 15.0. The molecule has 0 unspecified atom stereocenters. The maximum Gasteiger partial charge on any atom is 0.0223 e. The summed E-state index contributed by atoms with van der Waals surface area (Å²) in [7, 11) is 0. The molecule has 0 aromatic carbocycles. The van der Waals surface area contributed by atoms with E-state index in [1.807, 2.05) is 0 Å². The molecule has 0 saturated carbocycles. The number of halogens is 2. The van der Waals surface area contributed by atoms with E-state index in [1.165, 1.54) is 57.8 Å². The van der Waals surface area contributed by atoms with Gasteiger partial charge in [-0.15, -0.1) is 11.6 Å². The Morgan fingerprint density at radius 1 is 0.733 bits per heavy atom. The average Bonchev–Trinajstić information content (AvgIpc) is 2.26. The summed E-state index contributed by atoms with van der Waals surface area (Å²) in [5, 5.41) is 0.994. The highest BCUT2D eigenvalue weighted by atomic mass is 79.9. The van der Waals surface area contributed by atoms with Gasteiger partial charge in [0, 0.05) is 11.2 Å². The molecule has 0 aliphatic carbocycles. The van der Waals surface area contributed by atoms with Gasteiger partial charge in [0.1, 0.15) is 0 Å². The summed E-state index contributed by atoms with van der Waals surface area (Å²) in [6.07, 6.45) is 16.5. The van der Waals surface area contributed by atoms with E-state index in [9.17, 15) is 0 Å². The molecule has 0 N–H and O–H groups in total. The average molecular weight is 296 g/mol. The molecule has 0 heterocycles. The molecule has 2 heteroatoms. The largest absolute Gasteiger partial charge is 0.127 e. The molecule has 90 valence electrons. The summed E-state index contributed by atoms with van der Waals surface area (Å²) in [6, 6.07) is 0. The molecule has 0 bridgehead atoms. The van der Waals surface area contributed by atoms with E-state index < -0.39 is 0 Å². The highest BCUT2D eigenvalue weighted by Gasteiger charge is 1.91. The van der Waals surface area contributed by atoms with Gasteiger partial charge in [-0.05, 0) is 19.3 Å². The Hall–Kier alpha value is 0.510. The summed E-state index contributed by atoms with van der Waals surface area (Å²) >= 11 is 8.99. The van der Waals surface area contributed by atoms with Crippen molar-refractivity contribution in [3.8, 4) is 0 Å². The van der Waals surface area contributed by atoms with Gasteiger partial charge >= 0.3 is 0 Å². The molecule has 0 spiro atoms. The van der Waals surface area contributed by atoms with Gasteiger partial charge in [-0.1, -0.05) is 66.6 Å². The summed E-state index contributed by atoms with van der Waals surface area (Å²) in [5.74, 6) is 0.833. The molecule has 0 saturated heterocycles. The van der Waals surface area contributed by atoms with Crippen LogP contribution in [0.1, 0.15) is 57.8 Å². The SMILES string of the molecule is ClCCCCCCCCCCC=CCBr. The molecular weight excluding hydrogens is 271 g/mol. The quantitative estimate of drug-likeness (QED) is 0.261. The highest BCUT2D eigenvalue weighted by Crippen LogP contribution is 2.10. The van der Waals surface area contributed by atoms with Crippen LogP contribution in [-0.2, 0) is 0 Å². The molecule has 0 amide bonds. The summed E-state index contributed by atoms with van der Waals surface area (Å²) < 4.78 is 0. The number of rotatable bonds is 11. The Bertz CT molecular complexity index is 134. The fraction of sp³-hybridized carbons (Fsp3) is 0.846. The van der Waals surface area contributed by atoms with Crippen molar-refractivity contribution in [1.29, 1.82) is 0 Å². The van der Waals surface area contributed by atoms with Crippen LogP contribution in [0.2, 0.25) is 0 Å². The third-order valence-electron chi connectivity index (χ3n) is 2.51. The molecular formula is C13H24BrCl. The van der Waals surface area contributed by atoms with Gasteiger partial charge in [0.05, 0.1) is 0 Å². The maximum atomic E-state index is 5.61. The van der Waals surface area contributed by atoms with Gasteiger partial charge < -0.3 is 0 Å². The molecule has 15 heavy (non-hydrogen) atoms. The van der Waals surface area contributed by atoms with Crippen LogP contribution in [0.4, 0.5) is 0 Å². The molecule has 0 aromatic rings. The van der Waals surface area contributed by atoms with Crippen LogP contribution < -0.4 is 0 Å². The minimum absolute atomic E-state index is 0.833. The lowest BCUT2D eigenvalue weighted by Gasteiger charge is -2.00. The lowest BCUT2D eigenvalue weighted by atomic mass is 10.1. The standard InChI is InChI=1S/C13H24BrCl/c14-12-10-8-6-4-2-1-3-5-7-9-11-13-15/h8,10H,1-7,9,11-13H2. The van der Waals surface area contributed by atoms with Crippen LogP contribution in [0.15, 0.2) is 12.2 Å². The van der Waals surface area contributed by atoms with Crippen LogP contribution in [0, 0.1) is 0 Å². The zero-order valence-corrected chi connectivity index (χ0v) is 12.0. The minimum Gasteiger partial charge on any atom is -0.127 e. The second-order valence-electron chi connectivity index (χ2n) is 3.93. The van der Waals surface area contributed by atoms with Crippen molar-refractivity contribution in [1.82, 2.24) is 0 Å². The van der Waals surface area contributed by atoms with E-state index in [0.717, 1.165) is 11.2 Å². The third kappa shape index (κ3) is 14.5. The Morgan fingerprint density at radius 3 is 1.80 bits per heavy atom. The van der Waals surface area contributed by atoms with Crippen molar-refractivity contribution in [3.05, 3.63) is 12.2 Å². The van der Waals surface area contributed by atoms with Crippen molar-refractivity contribution in [2.75, 3.05) is 11.2 Å². The molecule has 0 aromatic heterocycles. The van der Waals surface area contributed by atoms with Crippen LogP contribution in [0.5, 0.6) is 0 Å². The monoisotopic (exact) mass is 294 g/mol. The first-order chi connectivity index (χ1) is 7.41. The van der Waals surface area contributed by atoms with E-state index >= 15 is 0 Å².